The van der Waals surface area contributed by atoms with Crippen molar-refractivity contribution >= 4 is 37.1 Å². The largest absolute Gasteiger partial charge is 0.481 e. The van der Waals surface area contributed by atoms with Crippen LogP contribution in [-0.2, 0) is 112 Å². The number of carbonyl (C=O) groups excluding carboxylic acids is 4. The number of carboxylic acids is 2. The van der Waals surface area contributed by atoms with Crippen molar-refractivity contribution in [1.29, 1.82) is 0 Å². The van der Waals surface area contributed by atoms with E-state index in [0.29, 0.717) is 128 Å². The first-order valence-corrected chi connectivity index (χ1v) is 23.5. The van der Waals surface area contributed by atoms with E-state index < -0.39 is 11.9 Å². The highest BCUT2D eigenvalue weighted by Crippen LogP contribution is 2.17. The zero-order chi connectivity index (χ0) is 55.0. The molecule has 23 nitrogen and oxygen atoms in total. The van der Waals surface area contributed by atoms with Crippen LogP contribution in [0, 0.1) is 0 Å². The van der Waals surface area contributed by atoms with Gasteiger partial charge in [-0.15, -0.1) is 0 Å². The van der Waals surface area contributed by atoms with E-state index in [9.17, 15) is 28.8 Å². The van der Waals surface area contributed by atoms with Gasteiger partial charge < -0.3 is 79.4 Å². The van der Waals surface area contributed by atoms with Gasteiger partial charge in [-0.1, -0.05) is 0 Å². The SMILES string of the molecule is O=C(O)CCc1ccc(COCc2ccc(CC(=O)O)o2)o1.O=Cc1ccc(COCCOCc2ccc(C=O)o2)o1.O=Cc1ccc(COCc2ccc(C=O)o2)o1.OCCc1ccc(COCc2ccc(CO)o2)o1. The number of aliphatic hydroxyl groups excluding tert-OH is 2. The lowest BCUT2D eigenvalue weighted by Crippen LogP contribution is -2.03. The maximum atomic E-state index is 10.5. The predicted octanol–water partition coefficient (Wildman–Crippen LogP) is 8.30. The van der Waals surface area contributed by atoms with Gasteiger partial charge in [0.15, 0.2) is 48.2 Å². The van der Waals surface area contributed by atoms with Crippen molar-refractivity contribution in [3.8, 4) is 0 Å². The lowest BCUT2D eigenvalue weighted by atomic mass is 10.2. The van der Waals surface area contributed by atoms with Crippen LogP contribution in [-0.4, -0.2) is 77.3 Å². The Bertz CT molecular complexity index is 2860. The van der Waals surface area contributed by atoms with Crippen molar-refractivity contribution < 1.29 is 108 Å². The number of carbonyl (C=O) groups is 6. The monoisotopic (exact) mass is 1070 g/mol. The van der Waals surface area contributed by atoms with Crippen molar-refractivity contribution in [2.24, 2.45) is 0 Å². The van der Waals surface area contributed by atoms with Crippen LogP contribution < -0.4 is 0 Å². The molecule has 77 heavy (non-hydrogen) atoms. The minimum Gasteiger partial charge on any atom is -0.481 e. The smallest absolute Gasteiger partial charge is 0.311 e. The third-order valence-electron chi connectivity index (χ3n) is 9.81. The molecule has 0 aliphatic carbocycles. The highest BCUT2D eigenvalue weighted by atomic mass is 16.5. The normalized spacial score (nSPS) is 10.7. The molecular weight excluding hydrogens is 1020 g/mol. The number of carboxylic acid groups (broad SMARTS) is 2. The van der Waals surface area contributed by atoms with Crippen LogP contribution in [0.15, 0.2) is 132 Å². The molecule has 8 rings (SSSR count). The van der Waals surface area contributed by atoms with Gasteiger partial charge >= 0.3 is 11.9 Å². The molecule has 0 saturated carbocycles. The Morgan fingerprint density at radius 2 is 0.636 bits per heavy atom. The van der Waals surface area contributed by atoms with Crippen molar-refractivity contribution in [3.63, 3.8) is 0 Å². The molecule has 0 atom stereocenters. The molecule has 0 radical (unpaired) electrons. The number of hydrogen-bond acceptors (Lipinski definition) is 21. The van der Waals surface area contributed by atoms with E-state index in [1.807, 2.05) is 12.1 Å². The Hall–Kier alpha value is -8.42. The van der Waals surface area contributed by atoms with Crippen molar-refractivity contribution in [2.45, 2.75) is 85.1 Å². The molecule has 0 unspecified atom stereocenters. The zero-order valence-corrected chi connectivity index (χ0v) is 41.4. The summed E-state index contributed by atoms with van der Waals surface area (Å²) in [5.41, 5.74) is 0. The van der Waals surface area contributed by atoms with Gasteiger partial charge in [0.25, 0.3) is 0 Å². The first-order chi connectivity index (χ1) is 37.5. The molecule has 0 aromatic carbocycles. The number of rotatable bonds is 31. The number of aryl methyl sites for hydroxylation is 1. The Balaban J connectivity index is 0.000000190. The lowest BCUT2D eigenvalue weighted by molar-refractivity contribution is -0.137. The summed E-state index contributed by atoms with van der Waals surface area (Å²) in [6, 6.07) is 26.9. The minimum absolute atomic E-state index is 0.0204. The molecule has 410 valence electrons. The lowest BCUT2D eigenvalue weighted by Gasteiger charge is -2.03. The quantitative estimate of drug-likeness (QED) is 0.0234. The Morgan fingerprint density at radius 3 is 0.948 bits per heavy atom. The summed E-state index contributed by atoms with van der Waals surface area (Å²) >= 11 is 0. The maximum Gasteiger partial charge on any atom is 0.311 e. The van der Waals surface area contributed by atoms with Crippen molar-refractivity contribution in [3.05, 3.63) is 189 Å². The summed E-state index contributed by atoms with van der Waals surface area (Å²) in [6.07, 6.45) is 3.26. The van der Waals surface area contributed by atoms with E-state index in [1.165, 1.54) is 0 Å². The molecule has 8 aromatic heterocycles. The van der Waals surface area contributed by atoms with Gasteiger partial charge in [-0.3, -0.25) is 28.8 Å². The number of aliphatic carboxylic acids is 2. The molecule has 4 N–H and O–H groups in total. The van der Waals surface area contributed by atoms with Gasteiger partial charge in [-0.25, -0.2) is 0 Å². The molecular formula is C54H56O23. The average Bonchev–Trinajstić information content (AvgIpc) is 4.28. The second-order valence-electron chi connectivity index (χ2n) is 15.8. The van der Waals surface area contributed by atoms with Gasteiger partial charge in [-0.2, -0.15) is 0 Å². The highest BCUT2D eigenvalue weighted by molar-refractivity contribution is 5.71. The van der Waals surface area contributed by atoms with Gasteiger partial charge in [0.05, 0.1) is 26.2 Å². The summed E-state index contributed by atoms with van der Waals surface area (Å²) in [5, 5.41) is 34.8. The number of ether oxygens (including phenoxy) is 5. The first-order valence-electron chi connectivity index (χ1n) is 23.5. The van der Waals surface area contributed by atoms with E-state index >= 15 is 0 Å². The van der Waals surface area contributed by atoms with E-state index in [2.05, 4.69) is 0 Å². The third kappa shape index (κ3) is 22.9. The second kappa shape index (κ2) is 33.5. The van der Waals surface area contributed by atoms with Crippen LogP contribution in [0.2, 0.25) is 0 Å². The van der Waals surface area contributed by atoms with Gasteiger partial charge in [0.1, 0.15) is 135 Å². The summed E-state index contributed by atoms with van der Waals surface area (Å²) in [5.74, 6) is 6.35. The van der Waals surface area contributed by atoms with Crippen LogP contribution in [0.3, 0.4) is 0 Å². The molecule has 0 spiro atoms. The van der Waals surface area contributed by atoms with Gasteiger partial charge in [0, 0.05) is 12.8 Å². The van der Waals surface area contributed by atoms with E-state index in [-0.39, 0.29) is 88.7 Å². The summed E-state index contributed by atoms with van der Waals surface area (Å²) in [6.45, 7) is 2.89. The molecule has 0 bridgehead atoms. The van der Waals surface area contributed by atoms with Crippen LogP contribution in [0.5, 0.6) is 0 Å². The molecule has 0 fully saturated rings. The average molecular weight is 1070 g/mol. The molecule has 0 aliphatic rings. The fraction of sp³-hybridized carbons (Fsp3) is 0.296. The molecule has 0 aliphatic heterocycles. The Morgan fingerprint density at radius 1 is 0.351 bits per heavy atom. The van der Waals surface area contributed by atoms with Crippen LogP contribution >= 0.6 is 0 Å². The second-order valence-corrected chi connectivity index (χ2v) is 15.8. The van der Waals surface area contributed by atoms with E-state index in [1.54, 1.807) is 84.9 Å². The number of furan rings is 8. The third-order valence-corrected chi connectivity index (χ3v) is 9.81. The number of aliphatic hydroxyl groups is 2. The highest BCUT2D eigenvalue weighted by Gasteiger charge is 2.10. The molecule has 23 heteroatoms. The topological polar surface area (TPSA) is 335 Å². The maximum absolute atomic E-state index is 10.5. The van der Waals surface area contributed by atoms with Gasteiger partial charge in [-0.05, 0) is 97.1 Å². The van der Waals surface area contributed by atoms with Crippen LogP contribution in [0.1, 0.15) is 118 Å². The standard InChI is InChI=1S/C15H16O7.C14H14O6.C13H16O5.C12H10O5/c16-14(17)6-5-10-1-3-12(21-10)8-20-9-13-4-2-11(22-13)7-15(18)19;15-7-11-1-3-13(19-11)9-17-5-6-18-10-14-4-2-12(8-16)20-14;14-6-5-10-1-3-12(17-10)8-16-9-13-4-2-11(7-15)18-13;13-5-9-1-3-11(16-9)7-15-8-12-4-2-10(6-14)17-12/h1-4H,5-9H2,(H,16,17)(H,18,19);1-4,7-8H,5-6,9-10H2;1-4,14-15H,5-9H2;1-6H,7-8H2. The Kier molecular flexibility index (Phi) is 25.9. The van der Waals surface area contributed by atoms with E-state index in [4.69, 9.17) is 79.4 Å². The molecule has 0 amide bonds. The Labute approximate surface area is 438 Å². The summed E-state index contributed by atoms with van der Waals surface area (Å²) in [7, 11) is 0. The molecule has 8 aromatic rings. The number of aldehydes is 4. The van der Waals surface area contributed by atoms with Crippen molar-refractivity contribution in [1.82, 2.24) is 0 Å². The summed E-state index contributed by atoms with van der Waals surface area (Å²) < 4.78 is 68.7. The minimum atomic E-state index is -0.953. The fourth-order valence-corrected chi connectivity index (χ4v) is 6.30. The first kappa shape index (κ1) is 59.5. The zero-order valence-electron chi connectivity index (χ0n) is 41.4. The van der Waals surface area contributed by atoms with E-state index in [0.717, 1.165) is 5.76 Å². The van der Waals surface area contributed by atoms with Crippen LogP contribution in [0.4, 0.5) is 0 Å². The van der Waals surface area contributed by atoms with Gasteiger partial charge in [0.2, 0.25) is 0 Å². The predicted molar refractivity (Wildman–Crippen MR) is 260 cm³/mol. The molecule has 8 heterocycles. The van der Waals surface area contributed by atoms with Crippen molar-refractivity contribution in [2.75, 3.05) is 19.8 Å². The van der Waals surface area contributed by atoms with Crippen LogP contribution in [0.25, 0.3) is 0 Å². The molecule has 0 saturated heterocycles. The number of hydrogen-bond donors (Lipinski definition) is 4. The summed E-state index contributed by atoms with van der Waals surface area (Å²) in [4.78, 5) is 62.6. The fourth-order valence-electron chi connectivity index (χ4n) is 6.30.